The van der Waals surface area contributed by atoms with Crippen molar-refractivity contribution in [2.75, 3.05) is 5.32 Å². The first kappa shape index (κ1) is 17.8. The molecule has 1 N–H and O–H groups in total. The summed E-state index contributed by atoms with van der Waals surface area (Å²) >= 11 is 7.21. The lowest BCUT2D eigenvalue weighted by molar-refractivity contribution is 0.102. The number of rotatable bonds is 2. The van der Waals surface area contributed by atoms with E-state index < -0.39 is 0 Å². The van der Waals surface area contributed by atoms with Gasteiger partial charge >= 0.3 is 0 Å². The van der Waals surface area contributed by atoms with Crippen LogP contribution in [0.4, 0.5) is 5.82 Å². The number of anilines is 1. The second-order valence-corrected chi connectivity index (χ2v) is 8.37. The Morgan fingerprint density at radius 1 is 1.20 bits per heavy atom. The van der Waals surface area contributed by atoms with Crippen LogP contribution in [0.3, 0.4) is 0 Å². The molecule has 130 valence electrons. The molecule has 0 aliphatic heterocycles. The fourth-order valence-electron chi connectivity index (χ4n) is 2.51. The minimum absolute atomic E-state index is 0.146. The van der Waals surface area contributed by atoms with Crippen LogP contribution in [0.2, 0.25) is 5.02 Å². The fraction of sp³-hybridized carbons (Fsp3) is 0.333. The summed E-state index contributed by atoms with van der Waals surface area (Å²) in [6.45, 7) is 10.1. The Morgan fingerprint density at radius 2 is 1.92 bits per heavy atom. The van der Waals surface area contributed by atoms with E-state index in [2.05, 4.69) is 41.0 Å². The number of fused-ring (bicyclic) bond motifs is 1. The molecule has 0 fully saturated rings. The Labute approximate surface area is 155 Å². The number of carbonyl (C=O) groups excluding carboxylic acids is 1. The normalized spacial score (nSPS) is 11.8. The molecule has 0 aliphatic carbocycles. The summed E-state index contributed by atoms with van der Waals surface area (Å²) in [5, 5.41) is 4.28. The van der Waals surface area contributed by atoms with Crippen molar-refractivity contribution < 1.29 is 4.79 Å². The molecule has 3 rings (SSSR count). The Bertz CT molecular complexity index is 958. The van der Waals surface area contributed by atoms with Crippen molar-refractivity contribution >= 4 is 44.9 Å². The largest absolute Gasteiger partial charge is 0.306 e. The summed E-state index contributed by atoms with van der Waals surface area (Å²) in [5.41, 5.74) is 1.64. The zero-order valence-electron chi connectivity index (χ0n) is 14.8. The zero-order valence-corrected chi connectivity index (χ0v) is 16.3. The number of hydrogen-bond acceptors (Lipinski definition) is 5. The maximum absolute atomic E-state index is 12.7. The minimum atomic E-state index is -0.202. The summed E-state index contributed by atoms with van der Waals surface area (Å²) in [4.78, 5) is 27.5. The van der Waals surface area contributed by atoms with E-state index >= 15 is 0 Å². The molecule has 0 aromatic carbocycles. The van der Waals surface area contributed by atoms with Crippen LogP contribution in [0.5, 0.6) is 0 Å². The van der Waals surface area contributed by atoms with Crippen molar-refractivity contribution in [1.82, 2.24) is 15.0 Å². The molecular formula is C18H19ClN4OS. The molecular weight excluding hydrogens is 356 g/mol. The van der Waals surface area contributed by atoms with Gasteiger partial charge in [0.2, 0.25) is 0 Å². The van der Waals surface area contributed by atoms with Crippen LogP contribution in [0, 0.1) is 13.8 Å². The fourth-order valence-corrected chi connectivity index (χ4v) is 3.75. The lowest BCUT2D eigenvalue weighted by Crippen LogP contribution is -2.16. The van der Waals surface area contributed by atoms with Gasteiger partial charge in [0.15, 0.2) is 0 Å². The van der Waals surface area contributed by atoms with E-state index in [0.29, 0.717) is 15.7 Å². The summed E-state index contributed by atoms with van der Waals surface area (Å²) in [5.74, 6) is 1.04. The van der Waals surface area contributed by atoms with Crippen molar-refractivity contribution in [1.29, 1.82) is 0 Å². The maximum atomic E-state index is 12.7. The van der Waals surface area contributed by atoms with E-state index in [0.717, 1.165) is 27.3 Å². The molecule has 3 aromatic heterocycles. The molecule has 0 saturated carbocycles. The van der Waals surface area contributed by atoms with E-state index in [1.165, 1.54) is 17.5 Å². The average molecular weight is 375 g/mol. The van der Waals surface area contributed by atoms with Crippen molar-refractivity contribution in [3.05, 3.63) is 45.3 Å². The van der Waals surface area contributed by atoms with Crippen LogP contribution >= 0.6 is 22.9 Å². The number of carbonyl (C=O) groups is 1. The van der Waals surface area contributed by atoms with Gasteiger partial charge < -0.3 is 5.32 Å². The van der Waals surface area contributed by atoms with Crippen molar-refractivity contribution in [2.45, 2.75) is 40.0 Å². The standard InChI is InChI=1S/C18H19ClN4OS/c1-9-13-10(2)21-17(18(3,4)5)23-16(13)25-14(9)15(24)22-12-7-6-11(19)8-20-12/h6-8H,1-5H3,(H,20,22,24). The van der Waals surface area contributed by atoms with Crippen LogP contribution in [-0.2, 0) is 5.41 Å². The quantitative estimate of drug-likeness (QED) is 0.692. The lowest BCUT2D eigenvalue weighted by Gasteiger charge is -2.16. The van der Waals surface area contributed by atoms with Gasteiger partial charge in [-0.15, -0.1) is 11.3 Å². The van der Waals surface area contributed by atoms with Crippen LogP contribution in [0.25, 0.3) is 10.2 Å². The highest BCUT2D eigenvalue weighted by Crippen LogP contribution is 2.33. The molecule has 0 atom stereocenters. The van der Waals surface area contributed by atoms with E-state index in [1.54, 1.807) is 12.1 Å². The summed E-state index contributed by atoms with van der Waals surface area (Å²) in [6, 6.07) is 3.36. The minimum Gasteiger partial charge on any atom is -0.306 e. The summed E-state index contributed by atoms with van der Waals surface area (Å²) in [6.07, 6.45) is 1.50. The van der Waals surface area contributed by atoms with Crippen molar-refractivity contribution in [3.8, 4) is 0 Å². The average Bonchev–Trinajstić information content (AvgIpc) is 2.86. The van der Waals surface area contributed by atoms with Crippen LogP contribution in [-0.4, -0.2) is 20.9 Å². The summed E-state index contributed by atoms with van der Waals surface area (Å²) < 4.78 is 0. The lowest BCUT2D eigenvalue weighted by atomic mass is 9.95. The Morgan fingerprint density at radius 3 is 2.52 bits per heavy atom. The van der Waals surface area contributed by atoms with Crippen LogP contribution in [0.1, 0.15) is 47.5 Å². The Balaban J connectivity index is 2.02. The van der Waals surface area contributed by atoms with Gasteiger partial charge in [-0.2, -0.15) is 0 Å². The second-order valence-electron chi connectivity index (χ2n) is 6.93. The number of thiophene rings is 1. The summed E-state index contributed by atoms with van der Waals surface area (Å²) in [7, 11) is 0. The maximum Gasteiger partial charge on any atom is 0.267 e. The highest BCUT2D eigenvalue weighted by atomic mass is 35.5. The molecule has 0 bridgehead atoms. The first-order chi connectivity index (χ1) is 11.7. The monoisotopic (exact) mass is 374 g/mol. The number of aryl methyl sites for hydroxylation is 2. The molecule has 25 heavy (non-hydrogen) atoms. The topological polar surface area (TPSA) is 67.8 Å². The Hall–Kier alpha value is -2.05. The molecule has 0 spiro atoms. The molecule has 3 heterocycles. The third-order valence-corrected chi connectivity index (χ3v) is 5.23. The predicted octanol–water partition coefficient (Wildman–Crippen LogP) is 4.91. The van der Waals surface area contributed by atoms with Gasteiger partial charge in [-0.3, -0.25) is 4.79 Å². The first-order valence-corrected chi connectivity index (χ1v) is 9.07. The van der Waals surface area contributed by atoms with E-state index in [9.17, 15) is 4.79 Å². The van der Waals surface area contributed by atoms with E-state index in [1.807, 2.05) is 13.8 Å². The van der Waals surface area contributed by atoms with Crippen molar-refractivity contribution in [3.63, 3.8) is 0 Å². The predicted molar refractivity (Wildman–Crippen MR) is 103 cm³/mol. The number of nitrogens with zero attached hydrogens (tertiary/aromatic N) is 3. The SMILES string of the molecule is Cc1nc(C(C)(C)C)nc2sc(C(=O)Nc3ccc(Cl)cn3)c(C)c12. The molecule has 1 amide bonds. The number of hydrogen-bond donors (Lipinski definition) is 1. The third kappa shape index (κ3) is 3.50. The second kappa shape index (κ2) is 6.35. The number of pyridine rings is 1. The number of aromatic nitrogens is 3. The molecule has 0 aliphatic rings. The van der Waals surface area contributed by atoms with Crippen LogP contribution in [0.15, 0.2) is 18.3 Å². The highest BCUT2D eigenvalue weighted by Gasteiger charge is 2.23. The van der Waals surface area contributed by atoms with E-state index in [-0.39, 0.29) is 11.3 Å². The van der Waals surface area contributed by atoms with Gasteiger partial charge in [0, 0.05) is 17.0 Å². The third-order valence-electron chi connectivity index (χ3n) is 3.82. The van der Waals surface area contributed by atoms with Crippen LogP contribution < -0.4 is 5.32 Å². The number of halogens is 1. The van der Waals surface area contributed by atoms with Crippen molar-refractivity contribution in [2.24, 2.45) is 0 Å². The molecule has 7 heteroatoms. The highest BCUT2D eigenvalue weighted by molar-refractivity contribution is 7.20. The van der Waals surface area contributed by atoms with Gasteiger partial charge in [-0.25, -0.2) is 15.0 Å². The van der Waals surface area contributed by atoms with Gasteiger partial charge in [-0.05, 0) is 31.5 Å². The number of amides is 1. The molecule has 3 aromatic rings. The smallest absolute Gasteiger partial charge is 0.267 e. The van der Waals surface area contributed by atoms with Gasteiger partial charge in [0.25, 0.3) is 5.91 Å². The van der Waals surface area contributed by atoms with Gasteiger partial charge in [-0.1, -0.05) is 32.4 Å². The van der Waals surface area contributed by atoms with Gasteiger partial charge in [0.05, 0.1) is 15.6 Å². The molecule has 5 nitrogen and oxygen atoms in total. The number of nitrogens with one attached hydrogen (secondary N) is 1. The zero-order chi connectivity index (χ0) is 18.4. The van der Waals surface area contributed by atoms with Gasteiger partial charge in [0.1, 0.15) is 16.5 Å². The molecule has 0 saturated heterocycles. The first-order valence-electron chi connectivity index (χ1n) is 7.88. The molecule has 0 radical (unpaired) electrons. The molecule has 0 unspecified atom stereocenters. The Kier molecular flexibility index (Phi) is 4.51. The van der Waals surface area contributed by atoms with E-state index in [4.69, 9.17) is 11.6 Å².